The van der Waals surface area contributed by atoms with Gasteiger partial charge in [0.15, 0.2) is 0 Å². The first-order valence-corrected chi connectivity index (χ1v) is 11.3. The summed E-state index contributed by atoms with van der Waals surface area (Å²) in [5.74, 6) is -0.170. The fraction of sp³-hybridized carbons (Fsp3) is 0.259. The van der Waals surface area contributed by atoms with Crippen LogP contribution >= 0.6 is 0 Å². The van der Waals surface area contributed by atoms with Crippen molar-refractivity contribution in [1.82, 2.24) is 19.6 Å². The van der Waals surface area contributed by atoms with Crippen LogP contribution in [0.2, 0.25) is 0 Å². The molecule has 1 saturated heterocycles. The zero-order valence-corrected chi connectivity index (χ0v) is 18.9. The Kier molecular flexibility index (Phi) is 5.68. The van der Waals surface area contributed by atoms with Crippen LogP contribution in [-0.4, -0.2) is 45.1 Å². The van der Waals surface area contributed by atoms with Crippen molar-refractivity contribution in [2.75, 3.05) is 19.6 Å². The SMILES string of the molecule is CC(=O)N1CCN(Cc2ccccc2)C[C@H]1c1cc2cnn(-c3ccc(F)cc3)c2cc1C. The third-order valence-electron chi connectivity index (χ3n) is 6.50. The maximum atomic E-state index is 13.4. The molecular weight excluding hydrogens is 415 g/mol. The van der Waals surface area contributed by atoms with E-state index in [2.05, 4.69) is 53.3 Å². The second kappa shape index (κ2) is 8.79. The van der Waals surface area contributed by atoms with Crippen LogP contribution in [0.5, 0.6) is 0 Å². The van der Waals surface area contributed by atoms with Crippen molar-refractivity contribution in [2.45, 2.75) is 26.4 Å². The van der Waals surface area contributed by atoms with E-state index < -0.39 is 0 Å². The molecule has 3 aromatic carbocycles. The van der Waals surface area contributed by atoms with Crippen molar-refractivity contribution in [3.63, 3.8) is 0 Å². The quantitative estimate of drug-likeness (QED) is 0.452. The van der Waals surface area contributed by atoms with Crippen molar-refractivity contribution in [1.29, 1.82) is 0 Å². The molecule has 0 N–H and O–H groups in total. The highest BCUT2D eigenvalue weighted by atomic mass is 19.1. The predicted molar refractivity (Wildman–Crippen MR) is 128 cm³/mol. The van der Waals surface area contributed by atoms with E-state index in [1.807, 2.05) is 21.8 Å². The summed E-state index contributed by atoms with van der Waals surface area (Å²) >= 11 is 0. The molecule has 0 spiro atoms. The summed E-state index contributed by atoms with van der Waals surface area (Å²) in [5.41, 5.74) is 5.32. The molecule has 1 aliphatic heterocycles. The number of fused-ring (bicyclic) bond motifs is 1. The lowest BCUT2D eigenvalue weighted by atomic mass is 9.95. The zero-order valence-electron chi connectivity index (χ0n) is 18.9. The molecule has 0 saturated carbocycles. The van der Waals surface area contributed by atoms with Gasteiger partial charge in [-0.25, -0.2) is 9.07 Å². The van der Waals surface area contributed by atoms with Crippen molar-refractivity contribution in [2.24, 2.45) is 0 Å². The van der Waals surface area contributed by atoms with Crippen LogP contribution in [0.3, 0.4) is 0 Å². The van der Waals surface area contributed by atoms with Gasteiger partial charge in [0, 0.05) is 38.5 Å². The van der Waals surface area contributed by atoms with E-state index in [9.17, 15) is 9.18 Å². The van der Waals surface area contributed by atoms with Gasteiger partial charge in [0.25, 0.3) is 0 Å². The molecule has 0 aliphatic carbocycles. The van der Waals surface area contributed by atoms with Gasteiger partial charge in [-0.2, -0.15) is 5.10 Å². The normalized spacial score (nSPS) is 16.9. The number of amides is 1. The van der Waals surface area contributed by atoms with Crippen LogP contribution in [0.15, 0.2) is 72.9 Å². The van der Waals surface area contributed by atoms with Gasteiger partial charge < -0.3 is 4.90 Å². The van der Waals surface area contributed by atoms with Gasteiger partial charge >= 0.3 is 0 Å². The molecule has 5 rings (SSSR count). The van der Waals surface area contributed by atoms with E-state index in [-0.39, 0.29) is 17.8 Å². The van der Waals surface area contributed by atoms with Crippen molar-refractivity contribution in [3.05, 3.63) is 95.4 Å². The van der Waals surface area contributed by atoms with Gasteiger partial charge in [-0.15, -0.1) is 0 Å². The number of benzene rings is 3. The molecule has 2 heterocycles. The number of rotatable bonds is 4. The van der Waals surface area contributed by atoms with Crippen LogP contribution in [0.25, 0.3) is 16.6 Å². The molecule has 1 atom stereocenters. The summed E-state index contributed by atoms with van der Waals surface area (Å²) in [6.45, 7) is 6.96. The lowest BCUT2D eigenvalue weighted by Crippen LogP contribution is -2.49. The van der Waals surface area contributed by atoms with Gasteiger partial charge in [0.05, 0.1) is 23.4 Å². The van der Waals surface area contributed by atoms with E-state index in [1.54, 1.807) is 19.1 Å². The average molecular weight is 443 g/mol. The predicted octanol–water partition coefficient (Wildman–Crippen LogP) is 4.88. The molecule has 0 unspecified atom stereocenters. The zero-order chi connectivity index (χ0) is 22.9. The number of carbonyl (C=O) groups is 1. The molecule has 1 aliphatic rings. The summed E-state index contributed by atoms with van der Waals surface area (Å²) in [4.78, 5) is 16.9. The monoisotopic (exact) mass is 442 g/mol. The Bertz CT molecular complexity index is 1280. The lowest BCUT2D eigenvalue weighted by Gasteiger charge is -2.42. The Balaban J connectivity index is 1.49. The number of carbonyl (C=O) groups excluding carboxylic acids is 1. The number of aryl methyl sites for hydroxylation is 1. The van der Waals surface area contributed by atoms with Gasteiger partial charge in [-0.1, -0.05) is 30.3 Å². The number of hydrogen-bond acceptors (Lipinski definition) is 3. The molecule has 0 bridgehead atoms. The number of hydrogen-bond donors (Lipinski definition) is 0. The molecule has 4 aromatic rings. The smallest absolute Gasteiger partial charge is 0.220 e. The Morgan fingerprint density at radius 3 is 2.55 bits per heavy atom. The fourth-order valence-corrected chi connectivity index (χ4v) is 4.81. The molecular formula is C27H27FN4O. The van der Waals surface area contributed by atoms with Crippen LogP contribution in [0.1, 0.15) is 29.7 Å². The number of halogens is 1. The van der Waals surface area contributed by atoms with E-state index in [0.29, 0.717) is 6.54 Å². The Morgan fingerprint density at radius 1 is 1.06 bits per heavy atom. The Morgan fingerprint density at radius 2 is 1.82 bits per heavy atom. The van der Waals surface area contributed by atoms with E-state index >= 15 is 0 Å². The maximum absolute atomic E-state index is 13.4. The summed E-state index contributed by atoms with van der Waals surface area (Å²) in [6, 6.07) is 21.1. The first-order chi connectivity index (χ1) is 16.0. The molecule has 33 heavy (non-hydrogen) atoms. The Labute approximate surface area is 193 Å². The fourth-order valence-electron chi connectivity index (χ4n) is 4.81. The molecule has 1 aromatic heterocycles. The molecule has 5 nitrogen and oxygen atoms in total. The summed E-state index contributed by atoms with van der Waals surface area (Å²) in [6.07, 6.45) is 1.84. The molecule has 0 radical (unpaired) electrons. The molecule has 1 fully saturated rings. The first-order valence-electron chi connectivity index (χ1n) is 11.3. The highest BCUT2D eigenvalue weighted by Crippen LogP contribution is 2.32. The van der Waals surface area contributed by atoms with Crippen LogP contribution in [0.4, 0.5) is 4.39 Å². The van der Waals surface area contributed by atoms with Crippen LogP contribution < -0.4 is 0 Å². The van der Waals surface area contributed by atoms with Crippen LogP contribution in [0, 0.1) is 12.7 Å². The summed E-state index contributed by atoms with van der Waals surface area (Å²) in [7, 11) is 0. The first kappa shape index (κ1) is 21.3. The summed E-state index contributed by atoms with van der Waals surface area (Å²) in [5, 5.41) is 5.55. The number of aromatic nitrogens is 2. The molecule has 6 heteroatoms. The minimum Gasteiger partial charge on any atom is -0.333 e. The second-order valence-corrected chi connectivity index (χ2v) is 8.75. The van der Waals surface area contributed by atoms with Crippen LogP contribution in [-0.2, 0) is 11.3 Å². The minimum atomic E-state index is -0.268. The van der Waals surface area contributed by atoms with E-state index in [4.69, 9.17) is 0 Å². The van der Waals surface area contributed by atoms with E-state index in [0.717, 1.165) is 47.4 Å². The van der Waals surface area contributed by atoms with Gasteiger partial charge in [-0.3, -0.25) is 9.69 Å². The average Bonchev–Trinajstić information content (AvgIpc) is 3.22. The van der Waals surface area contributed by atoms with Gasteiger partial charge in [0.1, 0.15) is 5.82 Å². The summed E-state index contributed by atoms with van der Waals surface area (Å²) < 4.78 is 15.2. The topological polar surface area (TPSA) is 41.4 Å². The van der Waals surface area contributed by atoms with Crippen molar-refractivity contribution >= 4 is 16.8 Å². The van der Waals surface area contributed by atoms with Crippen molar-refractivity contribution in [3.8, 4) is 5.69 Å². The highest BCUT2D eigenvalue weighted by molar-refractivity contribution is 5.82. The number of piperazine rings is 1. The standard InChI is InChI=1S/C27H27FN4O/c1-19-14-26-22(16-29-32(26)24-10-8-23(28)9-11-24)15-25(19)27-18-30(12-13-31(27)20(2)33)17-21-6-4-3-5-7-21/h3-11,14-16,27H,12-13,17-18H2,1-2H3/t27-/m0/s1. The maximum Gasteiger partial charge on any atom is 0.220 e. The van der Waals surface area contributed by atoms with E-state index in [1.165, 1.54) is 17.7 Å². The van der Waals surface area contributed by atoms with Gasteiger partial charge in [0.2, 0.25) is 5.91 Å². The largest absolute Gasteiger partial charge is 0.333 e. The third kappa shape index (κ3) is 4.26. The second-order valence-electron chi connectivity index (χ2n) is 8.75. The minimum absolute atomic E-state index is 0.0152. The number of nitrogens with zero attached hydrogens (tertiary/aromatic N) is 4. The van der Waals surface area contributed by atoms with Crippen molar-refractivity contribution < 1.29 is 9.18 Å². The molecule has 1 amide bonds. The lowest BCUT2D eigenvalue weighted by molar-refractivity contribution is -0.134. The third-order valence-corrected chi connectivity index (χ3v) is 6.50. The highest BCUT2D eigenvalue weighted by Gasteiger charge is 2.31. The Hall–Kier alpha value is -3.51. The van der Waals surface area contributed by atoms with Gasteiger partial charge in [-0.05, 0) is 60.0 Å². The molecule has 168 valence electrons.